The quantitative estimate of drug-likeness (QED) is 0.605. The molecule has 31 heavy (non-hydrogen) atoms. The Morgan fingerprint density at radius 1 is 1.10 bits per heavy atom. The highest BCUT2D eigenvalue weighted by Crippen LogP contribution is 2.34. The lowest BCUT2D eigenvalue weighted by atomic mass is 9.88. The van der Waals surface area contributed by atoms with Gasteiger partial charge in [-0.05, 0) is 67.2 Å². The zero-order chi connectivity index (χ0) is 21.4. The van der Waals surface area contributed by atoms with E-state index in [1.54, 1.807) is 0 Å². The van der Waals surface area contributed by atoms with E-state index < -0.39 is 11.7 Å². The molecular weight excluding hydrogens is 403 g/mol. The van der Waals surface area contributed by atoms with Gasteiger partial charge in [-0.2, -0.15) is 13.2 Å². The highest BCUT2D eigenvalue weighted by molar-refractivity contribution is 5.59. The summed E-state index contributed by atoms with van der Waals surface area (Å²) >= 11 is 0. The summed E-state index contributed by atoms with van der Waals surface area (Å²) in [5, 5.41) is 0. The zero-order valence-corrected chi connectivity index (χ0v) is 17.1. The average Bonchev–Trinajstić information content (AvgIpc) is 3.42. The fourth-order valence-corrected chi connectivity index (χ4v) is 4.55. The molecule has 2 aliphatic heterocycles. The second-order valence-corrected chi connectivity index (χ2v) is 8.35. The maximum Gasteiger partial charge on any atom is 0.416 e. The van der Waals surface area contributed by atoms with Crippen molar-refractivity contribution >= 4 is 0 Å². The van der Waals surface area contributed by atoms with E-state index in [2.05, 4.69) is 20.9 Å². The molecule has 2 aliphatic rings. The Balaban J connectivity index is 1.20. The van der Waals surface area contributed by atoms with Gasteiger partial charge in [-0.15, -0.1) is 0 Å². The number of nitrogens with one attached hydrogen (secondary N) is 1. The van der Waals surface area contributed by atoms with E-state index in [1.165, 1.54) is 17.7 Å². The maximum absolute atomic E-state index is 13.0. The molecule has 4 nitrogen and oxygen atoms in total. The van der Waals surface area contributed by atoms with E-state index in [4.69, 9.17) is 4.74 Å². The lowest BCUT2D eigenvalue weighted by Crippen LogP contribution is -2.32. The second-order valence-electron chi connectivity index (χ2n) is 8.35. The summed E-state index contributed by atoms with van der Waals surface area (Å²) in [6.45, 7) is 3.20. The van der Waals surface area contributed by atoms with Gasteiger partial charge in [-0.25, -0.2) is 4.98 Å². The van der Waals surface area contributed by atoms with Crippen LogP contribution >= 0.6 is 0 Å². The van der Waals surface area contributed by atoms with Gasteiger partial charge in [0, 0.05) is 30.4 Å². The van der Waals surface area contributed by atoms with Gasteiger partial charge in [0.2, 0.25) is 0 Å². The van der Waals surface area contributed by atoms with Crippen molar-refractivity contribution in [3.63, 3.8) is 0 Å². The number of aromatic nitrogens is 2. The van der Waals surface area contributed by atoms with Crippen molar-refractivity contribution in [2.45, 2.75) is 37.9 Å². The lowest BCUT2D eigenvalue weighted by Gasteiger charge is -2.32. The third kappa shape index (κ3) is 4.32. The molecule has 0 saturated carbocycles. The Bertz CT molecular complexity index is 1070. The van der Waals surface area contributed by atoms with E-state index in [0.29, 0.717) is 0 Å². The number of halogens is 3. The zero-order valence-electron chi connectivity index (χ0n) is 17.1. The highest BCUT2D eigenvalue weighted by atomic mass is 19.4. The van der Waals surface area contributed by atoms with Crippen LogP contribution in [0.3, 0.4) is 0 Å². The molecule has 0 amide bonds. The van der Waals surface area contributed by atoms with E-state index in [9.17, 15) is 13.2 Å². The van der Waals surface area contributed by atoms with Crippen LogP contribution in [-0.4, -0.2) is 34.6 Å². The SMILES string of the molecule is FC(F)(F)c1cccc(C2CCN(Cc3cnc(-c4ccc5c(c4)CCO5)[nH]3)CC2)c1. The summed E-state index contributed by atoms with van der Waals surface area (Å²) in [7, 11) is 0. The fourth-order valence-electron chi connectivity index (χ4n) is 4.55. The van der Waals surface area contributed by atoms with Crippen LogP contribution in [0.2, 0.25) is 0 Å². The number of hydrogen-bond acceptors (Lipinski definition) is 3. The smallest absolute Gasteiger partial charge is 0.416 e. The van der Waals surface area contributed by atoms with Gasteiger partial charge in [-0.3, -0.25) is 4.90 Å². The van der Waals surface area contributed by atoms with Crippen LogP contribution in [0.4, 0.5) is 13.2 Å². The van der Waals surface area contributed by atoms with Gasteiger partial charge >= 0.3 is 6.18 Å². The number of benzene rings is 2. The van der Waals surface area contributed by atoms with Gasteiger partial charge in [-0.1, -0.05) is 18.2 Å². The van der Waals surface area contributed by atoms with E-state index >= 15 is 0 Å². The molecular formula is C24H24F3N3O. The molecule has 5 rings (SSSR count). The highest BCUT2D eigenvalue weighted by Gasteiger charge is 2.31. The maximum atomic E-state index is 13.0. The Hall–Kier alpha value is -2.80. The number of aromatic amines is 1. The van der Waals surface area contributed by atoms with Crippen molar-refractivity contribution in [3.05, 3.63) is 71.0 Å². The predicted molar refractivity (Wildman–Crippen MR) is 112 cm³/mol. The van der Waals surface area contributed by atoms with Crippen LogP contribution in [0.1, 0.15) is 41.1 Å². The first-order valence-corrected chi connectivity index (χ1v) is 10.7. The van der Waals surface area contributed by atoms with Crippen LogP contribution in [-0.2, 0) is 19.1 Å². The normalized spacial score (nSPS) is 17.5. The summed E-state index contributed by atoms with van der Waals surface area (Å²) < 4.78 is 44.6. The lowest BCUT2D eigenvalue weighted by molar-refractivity contribution is -0.137. The molecule has 7 heteroatoms. The number of piperidine rings is 1. The summed E-state index contributed by atoms with van der Waals surface area (Å²) in [6.07, 6.45) is 0.219. The van der Waals surface area contributed by atoms with Crippen molar-refractivity contribution in [1.29, 1.82) is 0 Å². The number of fused-ring (bicyclic) bond motifs is 1. The number of rotatable bonds is 4. The summed E-state index contributed by atoms with van der Waals surface area (Å²) in [5.41, 5.74) is 3.55. The minimum Gasteiger partial charge on any atom is -0.493 e. The van der Waals surface area contributed by atoms with Crippen LogP contribution in [0.5, 0.6) is 5.75 Å². The molecule has 1 N–H and O–H groups in total. The molecule has 0 radical (unpaired) electrons. The molecule has 3 aromatic rings. The van der Waals surface area contributed by atoms with E-state index in [-0.39, 0.29) is 5.92 Å². The summed E-state index contributed by atoms with van der Waals surface area (Å²) in [5.74, 6) is 1.98. The number of likely N-dealkylation sites (tertiary alicyclic amines) is 1. The molecule has 2 aromatic carbocycles. The first-order chi connectivity index (χ1) is 15.0. The third-order valence-electron chi connectivity index (χ3n) is 6.26. The average molecular weight is 427 g/mol. The minimum absolute atomic E-state index is 0.171. The number of ether oxygens (including phenoxy) is 1. The van der Waals surface area contributed by atoms with Crippen LogP contribution in [0, 0.1) is 0 Å². The van der Waals surface area contributed by atoms with Gasteiger partial charge < -0.3 is 9.72 Å². The van der Waals surface area contributed by atoms with Gasteiger partial charge in [0.25, 0.3) is 0 Å². The molecule has 1 saturated heterocycles. The minimum atomic E-state index is -4.29. The van der Waals surface area contributed by atoms with Crippen LogP contribution < -0.4 is 4.74 Å². The standard InChI is InChI=1S/C24H24F3N3O/c25-24(26,27)20-3-1-2-17(13-20)16-6-9-30(10-7-16)15-21-14-28-23(29-21)19-4-5-22-18(12-19)8-11-31-22/h1-5,12-14,16H,6-11,15H2,(H,28,29). The van der Waals surface area contributed by atoms with Crippen LogP contribution in [0.15, 0.2) is 48.7 Å². The van der Waals surface area contributed by atoms with Gasteiger partial charge in [0.15, 0.2) is 0 Å². The molecule has 1 aromatic heterocycles. The molecule has 0 aliphatic carbocycles. The fraction of sp³-hybridized carbons (Fsp3) is 0.375. The first-order valence-electron chi connectivity index (χ1n) is 10.7. The number of H-pyrrole nitrogens is 1. The van der Waals surface area contributed by atoms with Crippen molar-refractivity contribution < 1.29 is 17.9 Å². The number of imidazole rings is 1. The number of hydrogen-bond donors (Lipinski definition) is 1. The van der Waals surface area contributed by atoms with Gasteiger partial charge in [0.1, 0.15) is 11.6 Å². The second kappa shape index (κ2) is 8.04. The first kappa shape index (κ1) is 20.1. The van der Waals surface area contributed by atoms with Crippen LogP contribution in [0.25, 0.3) is 11.4 Å². The van der Waals surface area contributed by atoms with Crippen molar-refractivity contribution in [2.24, 2.45) is 0 Å². The van der Waals surface area contributed by atoms with Crippen molar-refractivity contribution in [2.75, 3.05) is 19.7 Å². The molecule has 0 unspecified atom stereocenters. The Labute approximate surface area is 179 Å². The topological polar surface area (TPSA) is 41.2 Å². The monoisotopic (exact) mass is 427 g/mol. The largest absolute Gasteiger partial charge is 0.493 e. The molecule has 0 spiro atoms. The number of alkyl halides is 3. The summed E-state index contributed by atoms with van der Waals surface area (Å²) in [4.78, 5) is 10.3. The Morgan fingerprint density at radius 2 is 1.94 bits per heavy atom. The number of nitrogens with zero attached hydrogens (tertiary/aromatic N) is 2. The van der Waals surface area contributed by atoms with Crippen molar-refractivity contribution in [3.8, 4) is 17.1 Å². The third-order valence-corrected chi connectivity index (χ3v) is 6.26. The Kier molecular flexibility index (Phi) is 5.22. The van der Waals surface area contributed by atoms with E-state index in [0.717, 1.165) is 80.0 Å². The van der Waals surface area contributed by atoms with Gasteiger partial charge in [0.05, 0.1) is 12.2 Å². The molecule has 1 fully saturated rings. The van der Waals surface area contributed by atoms with Crippen molar-refractivity contribution in [1.82, 2.24) is 14.9 Å². The molecule has 0 bridgehead atoms. The van der Waals surface area contributed by atoms with E-state index in [1.807, 2.05) is 24.4 Å². The summed E-state index contributed by atoms with van der Waals surface area (Å²) in [6, 6.07) is 11.9. The predicted octanol–water partition coefficient (Wildman–Crippen LogP) is 5.41. The Morgan fingerprint density at radius 3 is 2.74 bits per heavy atom. The molecule has 3 heterocycles. The molecule has 0 atom stereocenters. The molecule has 162 valence electrons.